The molecule has 0 saturated carbocycles. The molecule has 0 aliphatic rings. The first kappa shape index (κ1) is 15.7. The van der Waals surface area contributed by atoms with Crippen molar-refractivity contribution in [3.8, 4) is 11.1 Å². The van der Waals surface area contributed by atoms with Crippen molar-refractivity contribution in [1.82, 2.24) is 10.2 Å². The fourth-order valence-electron chi connectivity index (χ4n) is 2.74. The number of H-pyrrole nitrogens is 1. The van der Waals surface area contributed by atoms with Crippen LogP contribution in [0.25, 0.3) is 11.1 Å². The summed E-state index contributed by atoms with van der Waals surface area (Å²) >= 11 is 5.78. The van der Waals surface area contributed by atoms with Gasteiger partial charge in [-0.15, -0.1) is 0 Å². The number of benzene rings is 2. The van der Waals surface area contributed by atoms with Crippen LogP contribution in [-0.2, 0) is 0 Å². The molecule has 1 unspecified atom stereocenters. The van der Waals surface area contributed by atoms with Crippen molar-refractivity contribution in [3.05, 3.63) is 76.8 Å². The van der Waals surface area contributed by atoms with E-state index in [1.54, 1.807) is 12.3 Å². The molecule has 3 aromatic rings. The van der Waals surface area contributed by atoms with Crippen LogP contribution in [-0.4, -0.2) is 16.7 Å². The number of rotatable bonds is 5. The summed E-state index contributed by atoms with van der Waals surface area (Å²) in [5.74, 6) is -0.355. The highest BCUT2D eigenvalue weighted by Gasteiger charge is 2.15. The van der Waals surface area contributed by atoms with E-state index in [-0.39, 0.29) is 10.9 Å². The minimum Gasteiger partial charge on any atom is -0.330 e. The van der Waals surface area contributed by atoms with Crippen LogP contribution in [0, 0.1) is 5.82 Å². The second-order valence-electron chi connectivity index (χ2n) is 5.41. The van der Waals surface area contributed by atoms with E-state index >= 15 is 0 Å². The summed E-state index contributed by atoms with van der Waals surface area (Å²) in [6.45, 7) is 0.526. The van der Waals surface area contributed by atoms with Crippen LogP contribution < -0.4 is 5.73 Å². The van der Waals surface area contributed by atoms with Crippen LogP contribution >= 0.6 is 11.6 Å². The summed E-state index contributed by atoms with van der Waals surface area (Å²) in [6.07, 6.45) is 4.37. The highest BCUT2D eigenvalue weighted by molar-refractivity contribution is 6.30. The molecule has 0 aliphatic carbocycles. The molecule has 0 fully saturated rings. The lowest BCUT2D eigenvalue weighted by Crippen LogP contribution is -2.09. The largest absolute Gasteiger partial charge is 0.330 e. The van der Waals surface area contributed by atoms with E-state index < -0.39 is 5.82 Å². The minimum absolute atomic E-state index is 0.0465. The summed E-state index contributed by atoms with van der Waals surface area (Å²) in [4.78, 5) is 0. The molecule has 1 heterocycles. The maximum atomic E-state index is 13.8. The lowest BCUT2D eigenvalue weighted by Gasteiger charge is -2.18. The number of aromatic nitrogens is 2. The molecule has 1 atom stereocenters. The highest BCUT2D eigenvalue weighted by atomic mass is 35.5. The fraction of sp³-hybridized carbons (Fsp3) is 0.167. The van der Waals surface area contributed by atoms with Gasteiger partial charge in [-0.2, -0.15) is 5.10 Å². The third-order valence-electron chi connectivity index (χ3n) is 3.95. The Balaban J connectivity index is 1.93. The summed E-state index contributed by atoms with van der Waals surface area (Å²) in [5, 5.41) is 6.89. The maximum absolute atomic E-state index is 13.8. The van der Waals surface area contributed by atoms with Gasteiger partial charge in [0.15, 0.2) is 0 Å². The molecule has 118 valence electrons. The van der Waals surface area contributed by atoms with Crippen LogP contribution in [0.2, 0.25) is 5.02 Å². The molecule has 0 radical (unpaired) electrons. The van der Waals surface area contributed by atoms with Gasteiger partial charge in [0, 0.05) is 17.7 Å². The molecule has 3 N–H and O–H groups in total. The first-order chi connectivity index (χ1) is 11.2. The topological polar surface area (TPSA) is 54.7 Å². The van der Waals surface area contributed by atoms with Crippen molar-refractivity contribution in [1.29, 1.82) is 0 Å². The van der Waals surface area contributed by atoms with E-state index in [0.717, 1.165) is 28.7 Å². The Hall–Kier alpha value is -2.17. The van der Waals surface area contributed by atoms with Crippen LogP contribution in [0.5, 0.6) is 0 Å². The second-order valence-corrected chi connectivity index (χ2v) is 5.82. The van der Waals surface area contributed by atoms with Crippen molar-refractivity contribution in [3.63, 3.8) is 0 Å². The number of nitrogens with zero attached hydrogens (tertiary/aromatic N) is 1. The van der Waals surface area contributed by atoms with Gasteiger partial charge in [0.25, 0.3) is 0 Å². The molecule has 0 amide bonds. The highest BCUT2D eigenvalue weighted by Crippen LogP contribution is 2.31. The summed E-state index contributed by atoms with van der Waals surface area (Å²) in [5.41, 5.74) is 9.84. The van der Waals surface area contributed by atoms with Gasteiger partial charge in [0.05, 0.1) is 11.2 Å². The average molecular weight is 330 g/mol. The number of aromatic amines is 1. The van der Waals surface area contributed by atoms with Crippen molar-refractivity contribution >= 4 is 11.6 Å². The number of hydrogen-bond acceptors (Lipinski definition) is 2. The molecule has 23 heavy (non-hydrogen) atoms. The first-order valence-electron chi connectivity index (χ1n) is 7.43. The standard InChI is InChI=1S/C18H17ClFN3/c19-17-6-5-14(9-18(17)20)16(7-8-21)13-3-1-12(2-4-13)15-10-22-23-11-15/h1-6,9-11,16H,7-8,21H2,(H,22,23). The molecular formula is C18H17ClFN3. The zero-order chi connectivity index (χ0) is 16.2. The Morgan fingerprint density at radius 1 is 1.09 bits per heavy atom. The number of nitrogens with two attached hydrogens (primary N) is 1. The van der Waals surface area contributed by atoms with Gasteiger partial charge in [-0.05, 0) is 41.8 Å². The summed E-state index contributed by atoms with van der Waals surface area (Å²) < 4.78 is 13.8. The molecule has 2 aromatic carbocycles. The Kier molecular flexibility index (Phi) is 4.74. The van der Waals surface area contributed by atoms with Crippen LogP contribution in [0.4, 0.5) is 4.39 Å². The Bertz CT molecular complexity index is 769. The smallest absolute Gasteiger partial charge is 0.142 e. The Labute approximate surface area is 139 Å². The molecule has 3 nitrogen and oxygen atoms in total. The molecule has 0 bridgehead atoms. The van der Waals surface area contributed by atoms with Crippen molar-refractivity contribution in [2.24, 2.45) is 5.73 Å². The zero-order valence-electron chi connectivity index (χ0n) is 12.5. The normalized spacial score (nSPS) is 12.3. The van der Waals surface area contributed by atoms with E-state index in [2.05, 4.69) is 22.3 Å². The number of hydrogen-bond donors (Lipinski definition) is 2. The fourth-order valence-corrected chi connectivity index (χ4v) is 2.86. The van der Waals surface area contributed by atoms with Gasteiger partial charge in [-0.3, -0.25) is 5.10 Å². The average Bonchev–Trinajstić information content (AvgIpc) is 3.10. The Morgan fingerprint density at radius 3 is 2.43 bits per heavy atom. The summed E-state index contributed by atoms with van der Waals surface area (Å²) in [7, 11) is 0. The van der Waals surface area contributed by atoms with E-state index in [1.165, 1.54) is 6.07 Å². The first-order valence-corrected chi connectivity index (χ1v) is 7.81. The third kappa shape index (κ3) is 3.44. The second kappa shape index (κ2) is 6.94. The lowest BCUT2D eigenvalue weighted by atomic mass is 9.88. The SMILES string of the molecule is NCCC(c1ccc(-c2cn[nH]c2)cc1)c1ccc(Cl)c(F)c1. The van der Waals surface area contributed by atoms with Crippen LogP contribution in [0.3, 0.4) is 0 Å². The van der Waals surface area contributed by atoms with Gasteiger partial charge < -0.3 is 5.73 Å². The molecule has 0 aliphatic heterocycles. The van der Waals surface area contributed by atoms with E-state index in [0.29, 0.717) is 6.54 Å². The Morgan fingerprint density at radius 2 is 1.83 bits per heavy atom. The van der Waals surface area contributed by atoms with Crippen LogP contribution in [0.1, 0.15) is 23.5 Å². The van der Waals surface area contributed by atoms with Gasteiger partial charge in [0.1, 0.15) is 5.82 Å². The molecule has 0 spiro atoms. The molecular weight excluding hydrogens is 313 g/mol. The number of halogens is 2. The van der Waals surface area contributed by atoms with Gasteiger partial charge in [-0.1, -0.05) is 41.9 Å². The molecule has 5 heteroatoms. The predicted molar refractivity (Wildman–Crippen MR) is 90.9 cm³/mol. The minimum atomic E-state index is -0.402. The quantitative estimate of drug-likeness (QED) is 0.731. The van der Waals surface area contributed by atoms with E-state index in [9.17, 15) is 4.39 Å². The maximum Gasteiger partial charge on any atom is 0.142 e. The predicted octanol–water partition coefficient (Wildman–Crippen LogP) is 4.35. The monoisotopic (exact) mass is 329 g/mol. The molecule has 0 saturated heterocycles. The van der Waals surface area contributed by atoms with Crippen molar-refractivity contribution in [2.75, 3.05) is 6.54 Å². The van der Waals surface area contributed by atoms with Gasteiger partial charge in [0.2, 0.25) is 0 Å². The van der Waals surface area contributed by atoms with Gasteiger partial charge >= 0.3 is 0 Å². The third-order valence-corrected chi connectivity index (χ3v) is 4.25. The van der Waals surface area contributed by atoms with Crippen molar-refractivity contribution in [2.45, 2.75) is 12.3 Å². The summed E-state index contributed by atoms with van der Waals surface area (Å²) in [6, 6.07) is 13.1. The lowest BCUT2D eigenvalue weighted by molar-refractivity contribution is 0.621. The van der Waals surface area contributed by atoms with Crippen molar-refractivity contribution < 1.29 is 4.39 Å². The molecule has 1 aromatic heterocycles. The van der Waals surface area contributed by atoms with Gasteiger partial charge in [-0.25, -0.2) is 4.39 Å². The van der Waals surface area contributed by atoms with E-state index in [4.69, 9.17) is 17.3 Å². The van der Waals surface area contributed by atoms with Crippen LogP contribution in [0.15, 0.2) is 54.9 Å². The zero-order valence-corrected chi connectivity index (χ0v) is 13.2. The number of nitrogens with one attached hydrogen (secondary N) is 1. The molecule has 3 rings (SSSR count). The van der Waals surface area contributed by atoms with E-state index in [1.807, 2.05) is 24.4 Å².